The van der Waals surface area contributed by atoms with Crippen LogP contribution in [0.3, 0.4) is 0 Å². The molecule has 0 aromatic carbocycles. The molecule has 6 heteroatoms. The average molecular weight is 481 g/mol. The summed E-state index contributed by atoms with van der Waals surface area (Å²) in [6.07, 6.45) is 29.5. The molecule has 2 N–H and O–H groups in total. The van der Waals surface area contributed by atoms with Crippen molar-refractivity contribution in [3.63, 3.8) is 0 Å². The molecule has 6 nitrogen and oxygen atoms in total. The fourth-order valence-corrected chi connectivity index (χ4v) is 3.43. The average Bonchev–Trinajstić information content (AvgIpc) is 2.83. The highest BCUT2D eigenvalue weighted by Gasteiger charge is 1.97. The minimum atomic E-state index is -0.659. The number of aromatic nitrogens is 2. The quantitative estimate of drug-likeness (QED) is 0.181. The Morgan fingerprint density at radius 2 is 0.706 bits per heavy atom. The van der Waals surface area contributed by atoms with Gasteiger partial charge in [-0.2, -0.15) is 0 Å². The lowest BCUT2D eigenvalue weighted by Crippen LogP contribution is -1.93. The molecule has 0 aliphatic heterocycles. The normalized spacial score (nSPS) is 9.94. The first-order valence-electron chi connectivity index (χ1n) is 13.7. The van der Waals surface area contributed by atoms with E-state index in [1.807, 2.05) is 0 Å². The number of unbranched alkanes of at least 4 members (excludes halogenated alkanes) is 16. The topological polar surface area (TPSA) is 100 Å². The van der Waals surface area contributed by atoms with Crippen LogP contribution in [0.25, 0.3) is 0 Å². The van der Waals surface area contributed by atoms with Gasteiger partial charge in [0.2, 0.25) is 0 Å². The summed E-state index contributed by atoms with van der Waals surface area (Å²) in [5.41, 5.74) is 0. The van der Waals surface area contributed by atoms with Crippen molar-refractivity contribution < 1.29 is 19.8 Å². The third-order valence-corrected chi connectivity index (χ3v) is 5.47. The Balaban J connectivity index is 0. The van der Waals surface area contributed by atoms with E-state index < -0.39 is 11.9 Å². The summed E-state index contributed by atoms with van der Waals surface area (Å²) in [7, 11) is 0. The van der Waals surface area contributed by atoms with Crippen LogP contribution in [0.15, 0.2) is 24.8 Å². The maximum atomic E-state index is 10.2. The number of carboxylic acid groups (broad SMARTS) is 2. The Hall–Kier alpha value is -1.98. The smallest absolute Gasteiger partial charge is 0.303 e. The molecule has 0 aliphatic rings. The summed E-state index contributed by atoms with van der Waals surface area (Å²) in [6, 6.07) is 0. The van der Waals surface area contributed by atoms with E-state index >= 15 is 0 Å². The summed E-state index contributed by atoms with van der Waals surface area (Å²) in [6.45, 7) is 4.46. The van der Waals surface area contributed by atoms with Crippen molar-refractivity contribution in [1.29, 1.82) is 0 Å². The molecule has 1 aromatic heterocycles. The second-order valence-electron chi connectivity index (χ2n) is 8.84. The van der Waals surface area contributed by atoms with Crippen LogP contribution in [0.4, 0.5) is 0 Å². The van der Waals surface area contributed by atoms with E-state index in [2.05, 4.69) is 23.8 Å². The van der Waals surface area contributed by atoms with Crippen molar-refractivity contribution in [1.82, 2.24) is 9.97 Å². The molecule has 0 aliphatic carbocycles. The van der Waals surface area contributed by atoms with Crippen molar-refractivity contribution in [3.8, 4) is 0 Å². The number of hydrogen-bond acceptors (Lipinski definition) is 4. The number of hydrogen-bond donors (Lipinski definition) is 2. The minimum absolute atomic E-state index is 0.343. The first kappa shape index (κ1) is 34.2. The van der Waals surface area contributed by atoms with E-state index in [1.54, 1.807) is 24.8 Å². The van der Waals surface area contributed by atoms with Crippen molar-refractivity contribution in [2.24, 2.45) is 0 Å². The zero-order valence-corrected chi connectivity index (χ0v) is 22.1. The summed E-state index contributed by atoms with van der Waals surface area (Å²) in [5.74, 6) is -1.32. The Morgan fingerprint density at radius 3 is 0.912 bits per heavy atom. The van der Waals surface area contributed by atoms with Crippen molar-refractivity contribution >= 4 is 11.9 Å². The molecule has 0 radical (unpaired) electrons. The molecule has 0 fully saturated rings. The van der Waals surface area contributed by atoms with Gasteiger partial charge in [0.15, 0.2) is 0 Å². The highest BCUT2D eigenvalue weighted by Crippen LogP contribution is 2.11. The number of nitrogens with zero attached hydrogens (tertiary/aromatic N) is 2. The van der Waals surface area contributed by atoms with E-state index in [-0.39, 0.29) is 0 Å². The summed E-state index contributed by atoms with van der Waals surface area (Å²) >= 11 is 0. The van der Waals surface area contributed by atoms with Gasteiger partial charge in [0, 0.05) is 37.6 Å². The van der Waals surface area contributed by atoms with Crippen molar-refractivity contribution in [3.05, 3.63) is 24.8 Å². The molecule has 0 atom stereocenters. The van der Waals surface area contributed by atoms with Crippen LogP contribution in [0, 0.1) is 0 Å². The van der Waals surface area contributed by atoms with Gasteiger partial charge >= 0.3 is 11.9 Å². The highest BCUT2D eigenvalue weighted by molar-refractivity contribution is 5.66. The maximum absolute atomic E-state index is 10.2. The van der Waals surface area contributed by atoms with Gasteiger partial charge in [-0.15, -0.1) is 0 Å². The van der Waals surface area contributed by atoms with Gasteiger partial charge in [-0.1, -0.05) is 117 Å². The molecule has 0 saturated heterocycles. The third-order valence-electron chi connectivity index (χ3n) is 5.47. The predicted octanol–water partition coefficient (Wildman–Crippen LogP) is 8.46. The standard InChI is InChI=1S/2C12H24O2.C4H4N2/c2*1-2-3-4-5-6-7-8-9-10-11-12(13)14;1-2-6-4-3-5-1/h2*2-11H2,1H3,(H,13,14);1-4H. The van der Waals surface area contributed by atoms with E-state index in [9.17, 15) is 9.59 Å². The third kappa shape index (κ3) is 37.3. The molecular formula is C28H52N2O4. The summed E-state index contributed by atoms with van der Waals surface area (Å²) < 4.78 is 0. The molecule has 0 bridgehead atoms. The largest absolute Gasteiger partial charge is 0.481 e. The summed E-state index contributed by atoms with van der Waals surface area (Å²) in [4.78, 5) is 27.9. The predicted molar refractivity (Wildman–Crippen MR) is 141 cm³/mol. The molecule has 0 saturated carbocycles. The Labute approximate surface area is 209 Å². The highest BCUT2D eigenvalue weighted by atomic mass is 16.4. The second-order valence-corrected chi connectivity index (χ2v) is 8.84. The van der Waals surface area contributed by atoms with Crippen LogP contribution in [0.2, 0.25) is 0 Å². The Bertz CT molecular complexity index is 468. The van der Waals surface area contributed by atoms with Gasteiger partial charge < -0.3 is 10.2 Å². The molecule has 1 rings (SSSR count). The van der Waals surface area contributed by atoms with E-state index in [0.717, 1.165) is 25.7 Å². The van der Waals surface area contributed by atoms with E-state index in [0.29, 0.717) is 12.8 Å². The van der Waals surface area contributed by atoms with Crippen LogP contribution in [0.1, 0.15) is 142 Å². The van der Waals surface area contributed by atoms with Gasteiger partial charge in [-0.3, -0.25) is 19.6 Å². The zero-order valence-electron chi connectivity index (χ0n) is 22.1. The molecule has 0 amide bonds. The van der Waals surface area contributed by atoms with Crippen molar-refractivity contribution in [2.75, 3.05) is 0 Å². The fourth-order valence-electron chi connectivity index (χ4n) is 3.43. The second kappa shape index (κ2) is 31.0. The van der Waals surface area contributed by atoms with Gasteiger partial charge in [-0.05, 0) is 12.8 Å². The Morgan fingerprint density at radius 1 is 0.471 bits per heavy atom. The zero-order chi connectivity index (χ0) is 25.5. The molecule has 34 heavy (non-hydrogen) atoms. The van der Waals surface area contributed by atoms with E-state index in [4.69, 9.17) is 10.2 Å². The molecule has 0 unspecified atom stereocenters. The first-order chi connectivity index (χ1) is 16.5. The molecule has 1 aromatic rings. The Kier molecular flexibility index (Phi) is 31.2. The minimum Gasteiger partial charge on any atom is -0.481 e. The van der Waals surface area contributed by atoms with Crippen LogP contribution in [-0.4, -0.2) is 32.1 Å². The van der Waals surface area contributed by atoms with Crippen LogP contribution in [-0.2, 0) is 9.59 Å². The van der Waals surface area contributed by atoms with Gasteiger partial charge in [0.1, 0.15) is 0 Å². The molecular weight excluding hydrogens is 428 g/mol. The lowest BCUT2D eigenvalue weighted by atomic mass is 10.1. The SMILES string of the molecule is CCCCCCCCCCCC(=O)O.CCCCCCCCCCCC(=O)O.c1cnccn1. The van der Waals surface area contributed by atoms with Gasteiger partial charge in [-0.25, -0.2) is 0 Å². The number of carboxylic acids is 2. The van der Waals surface area contributed by atoms with Crippen LogP contribution < -0.4 is 0 Å². The van der Waals surface area contributed by atoms with Crippen LogP contribution >= 0.6 is 0 Å². The van der Waals surface area contributed by atoms with Gasteiger partial charge in [0.05, 0.1) is 0 Å². The lowest BCUT2D eigenvalue weighted by molar-refractivity contribution is -0.138. The van der Waals surface area contributed by atoms with E-state index in [1.165, 1.54) is 89.9 Å². The first-order valence-corrected chi connectivity index (χ1v) is 13.7. The summed E-state index contributed by atoms with van der Waals surface area (Å²) in [5, 5.41) is 16.8. The monoisotopic (exact) mass is 480 g/mol. The number of carbonyl (C=O) groups is 2. The number of rotatable bonds is 20. The van der Waals surface area contributed by atoms with Crippen molar-refractivity contribution in [2.45, 2.75) is 142 Å². The van der Waals surface area contributed by atoms with Crippen LogP contribution in [0.5, 0.6) is 0 Å². The molecule has 1 heterocycles. The molecule has 198 valence electrons. The molecule has 0 spiro atoms. The number of aliphatic carboxylic acids is 2. The fraction of sp³-hybridized carbons (Fsp3) is 0.786. The van der Waals surface area contributed by atoms with Gasteiger partial charge in [0.25, 0.3) is 0 Å². The maximum Gasteiger partial charge on any atom is 0.303 e. The lowest BCUT2D eigenvalue weighted by Gasteiger charge is -2.00.